The summed E-state index contributed by atoms with van der Waals surface area (Å²) in [5, 5.41) is 3.94. The van der Waals surface area contributed by atoms with Crippen LogP contribution in [0, 0.1) is 11.6 Å². The van der Waals surface area contributed by atoms with Crippen molar-refractivity contribution in [1.29, 1.82) is 0 Å². The predicted octanol–water partition coefficient (Wildman–Crippen LogP) is 3.99. The first-order valence-corrected chi connectivity index (χ1v) is 8.28. The molecule has 26 heavy (non-hydrogen) atoms. The van der Waals surface area contributed by atoms with Crippen LogP contribution < -0.4 is 0 Å². The molecule has 0 saturated carbocycles. The van der Waals surface area contributed by atoms with Crippen molar-refractivity contribution in [2.24, 2.45) is 0 Å². The quantitative estimate of drug-likeness (QED) is 0.713. The molecule has 1 saturated heterocycles. The van der Waals surface area contributed by atoms with E-state index in [4.69, 9.17) is 4.52 Å². The SMILES string of the molecule is O=C(c1ccc(F)cc1)N1CCC[C@@H]1c1nc(-c2ccc(F)cc2)no1. The molecule has 1 aliphatic rings. The highest BCUT2D eigenvalue weighted by atomic mass is 19.1. The van der Waals surface area contributed by atoms with Gasteiger partial charge in [0.25, 0.3) is 5.91 Å². The minimum absolute atomic E-state index is 0.200. The number of amides is 1. The van der Waals surface area contributed by atoms with Crippen molar-refractivity contribution in [2.75, 3.05) is 6.54 Å². The molecule has 5 nitrogen and oxygen atoms in total. The Morgan fingerprint density at radius 3 is 2.38 bits per heavy atom. The summed E-state index contributed by atoms with van der Waals surface area (Å²) in [6.07, 6.45) is 1.52. The van der Waals surface area contributed by atoms with Crippen LogP contribution in [0.15, 0.2) is 53.1 Å². The molecule has 0 N–H and O–H groups in total. The number of likely N-dealkylation sites (tertiary alicyclic amines) is 1. The second-order valence-electron chi connectivity index (χ2n) is 6.13. The lowest BCUT2D eigenvalue weighted by Crippen LogP contribution is -2.30. The van der Waals surface area contributed by atoms with E-state index in [0.717, 1.165) is 6.42 Å². The van der Waals surface area contributed by atoms with Gasteiger partial charge in [-0.2, -0.15) is 4.98 Å². The number of nitrogens with zero attached hydrogens (tertiary/aromatic N) is 3. The van der Waals surface area contributed by atoms with Crippen LogP contribution in [0.5, 0.6) is 0 Å². The number of hydrogen-bond acceptors (Lipinski definition) is 4. The Labute approximate surface area is 148 Å². The number of rotatable bonds is 3. The summed E-state index contributed by atoms with van der Waals surface area (Å²) in [5.41, 5.74) is 1.05. The third kappa shape index (κ3) is 3.08. The predicted molar refractivity (Wildman–Crippen MR) is 89.1 cm³/mol. The van der Waals surface area contributed by atoms with Crippen LogP contribution in [0.1, 0.15) is 35.1 Å². The van der Waals surface area contributed by atoms with Crippen molar-refractivity contribution in [1.82, 2.24) is 15.0 Å². The Hall–Kier alpha value is -3.09. The number of aromatic nitrogens is 2. The normalized spacial score (nSPS) is 16.8. The van der Waals surface area contributed by atoms with Gasteiger partial charge in [0.2, 0.25) is 11.7 Å². The molecule has 132 valence electrons. The van der Waals surface area contributed by atoms with Crippen LogP contribution in [0.3, 0.4) is 0 Å². The summed E-state index contributed by atoms with van der Waals surface area (Å²) < 4.78 is 31.5. The fraction of sp³-hybridized carbons (Fsp3) is 0.211. The molecule has 0 unspecified atom stereocenters. The van der Waals surface area contributed by atoms with Gasteiger partial charge in [-0.3, -0.25) is 4.79 Å². The molecule has 1 aliphatic heterocycles. The maximum Gasteiger partial charge on any atom is 0.254 e. The number of halogens is 2. The molecule has 1 amide bonds. The highest BCUT2D eigenvalue weighted by Gasteiger charge is 2.34. The molecule has 0 radical (unpaired) electrons. The van der Waals surface area contributed by atoms with Gasteiger partial charge in [0, 0.05) is 17.7 Å². The second-order valence-corrected chi connectivity index (χ2v) is 6.13. The molecule has 2 aromatic carbocycles. The number of benzene rings is 2. The largest absolute Gasteiger partial charge is 0.337 e. The van der Waals surface area contributed by atoms with Gasteiger partial charge >= 0.3 is 0 Å². The average molecular weight is 355 g/mol. The second kappa shape index (κ2) is 6.67. The number of carbonyl (C=O) groups excluding carboxylic acids is 1. The summed E-state index contributed by atoms with van der Waals surface area (Å²) in [6.45, 7) is 0.565. The Bertz CT molecular complexity index is 923. The van der Waals surface area contributed by atoms with Crippen LogP contribution in [0.2, 0.25) is 0 Å². The van der Waals surface area contributed by atoms with Gasteiger partial charge in [-0.15, -0.1) is 0 Å². The van der Waals surface area contributed by atoms with E-state index in [1.165, 1.54) is 36.4 Å². The maximum absolute atomic E-state index is 13.1. The molecule has 0 aliphatic carbocycles. The van der Waals surface area contributed by atoms with Gasteiger partial charge in [-0.05, 0) is 61.4 Å². The molecule has 2 heterocycles. The average Bonchev–Trinajstić information content (AvgIpc) is 3.31. The van der Waals surface area contributed by atoms with Crippen LogP contribution in [0.4, 0.5) is 8.78 Å². The van der Waals surface area contributed by atoms with Crippen molar-refractivity contribution < 1.29 is 18.1 Å². The zero-order valence-electron chi connectivity index (χ0n) is 13.7. The van der Waals surface area contributed by atoms with Crippen LogP contribution >= 0.6 is 0 Å². The summed E-state index contributed by atoms with van der Waals surface area (Å²) in [6, 6.07) is 10.9. The van der Waals surface area contributed by atoms with Gasteiger partial charge in [0.05, 0.1) is 0 Å². The summed E-state index contributed by atoms with van der Waals surface area (Å²) in [5.74, 6) is -0.239. The van der Waals surface area contributed by atoms with Gasteiger partial charge in [0.1, 0.15) is 17.7 Å². The first kappa shape index (κ1) is 16.4. The first-order chi connectivity index (χ1) is 12.6. The standard InChI is InChI=1S/C19H15F2N3O2/c20-14-7-3-12(4-8-14)17-22-18(26-23-17)16-2-1-11-24(16)19(25)13-5-9-15(21)10-6-13/h3-10,16H,1-2,11H2/t16-/m1/s1. The Morgan fingerprint density at radius 1 is 1.04 bits per heavy atom. The third-order valence-corrected chi connectivity index (χ3v) is 4.43. The van der Waals surface area contributed by atoms with Crippen molar-refractivity contribution in [3.8, 4) is 11.4 Å². The van der Waals surface area contributed by atoms with Crippen LogP contribution in [-0.4, -0.2) is 27.5 Å². The molecule has 3 aromatic rings. The molecule has 1 atom stereocenters. The lowest BCUT2D eigenvalue weighted by molar-refractivity contribution is 0.0710. The van der Waals surface area contributed by atoms with E-state index in [9.17, 15) is 13.6 Å². The highest BCUT2D eigenvalue weighted by Crippen LogP contribution is 2.33. The lowest BCUT2D eigenvalue weighted by atomic mass is 10.1. The zero-order chi connectivity index (χ0) is 18.1. The molecule has 0 bridgehead atoms. The van der Waals surface area contributed by atoms with E-state index in [1.54, 1.807) is 17.0 Å². The van der Waals surface area contributed by atoms with E-state index in [2.05, 4.69) is 10.1 Å². The van der Waals surface area contributed by atoms with Crippen molar-refractivity contribution >= 4 is 5.91 Å². The minimum atomic E-state index is -0.389. The van der Waals surface area contributed by atoms with Crippen molar-refractivity contribution in [3.05, 3.63) is 71.6 Å². The zero-order valence-corrected chi connectivity index (χ0v) is 13.7. The lowest BCUT2D eigenvalue weighted by Gasteiger charge is -2.21. The Balaban J connectivity index is 1.58. The van der Waals surface area contributed by atoms with Gasteiger partial charge in [0.15, 0.2) is 0 Å². The van der Waals surface area contributed by atoms with E-state index in [1.807, 2.05) is 0 Å². The van der Waals surface area contributed by atoms with E-state index in [0.29, 0.717) is 35.8 Å². The van der Waals surface area contributed by atoms with E-state index >= 15 is 0 Å². The number of hydrogen-bond donors (Lipinski definition) is 0. The fourth-order valence-corrected chi connectivity index (χ4v) is 3.11. The smallest absolute Gasteiger partial charge is 0.254 e. The Kier molecular flexibility index (Phi) is 4.20. The molecule has 4 rings (SSSR count). The first-order valence-electron chi connectivity index (χ1n) is 8.28. The van der Waals surface area contributed by atoms with Crippen molar-refractivity contribution in [2.45, 2.75) is 18.9 Å². The topological polar surface area (TPSA) is 59.2 Å². The Morgan fingerprint density at radius 2 is 1.69 bits per heavy atom. The van der Waals surface area contributed by atoms with E-state index < -0.39 is 0 Å². The minimum Gasteiger partial charge on any atom is -0.337 e. The fourth-order valence-electron chi connectivity index (χ4n) is 3.11. The molecule has 0 spiro atoms. The molecular weight excluding hydrogens is 340 g/mol. The van der Waals surface area contributed by atoms with E-state index in [-0.39, 0.29) is 23.6 Å². The van der Waals surface area contributed by atoms with Crippen molar-refractivity contribution in [3.63, 3.8) is 0 Å². The third-order valence-electron chi connectivity index (χ3n) is 4.43. The van der Waals surface area contributed by atoms with Gasteiger partial charge < -0.3 is 9.42 Å². The molecule has 1 fully saturated rings. The summed E-state index contributed by atoms with van der Waals surface area (Å²) in [7, 11) is 0. The van der Waals surface area contributed by atoms with Gasteiger partial charge in [-0.25, -0.2) is 8.78 Å². The highest BCUT2D eigenvalue weighted by molar-refractivity contribution is 5.94. The number of carbonyl (C=O) groups is 1. The summed E-state index contributed by atoms with van der Waals surface area (Å²) in [4.78, 5) is 18.8. The molecule has 1 aromatic heterocycles. The maximum atomic E-state index is 13.1. The summed E-state index contributed by atoms with van der Waals surface area (Å²) >= 11 is 0. The van der Waals surface area contributed by atoms with Crippen LogP contribution in [-0.2, 0) is 0 Å². The monoisotopic (exact) mass is 355 g/mol. The van der Waals surface area contributed by atoms with Gasteiger partial charge in [-0.1, -0.05) is 5.16 Å². The van der Waals surface area contributed by atoms with Crippen LogP contribution in [0.25, 0.3) is 11.4 Å². The molecule has 7 heteroatoms. The molecular formula is C19H15F2N3O2.